The summed E-state index contributed by atoms with van der Waals surface area (Å²) in [7, 11) is 5.61. The van der Waals surface area contributed by atoms with E-state index in [0.29, 0.717) is 12.3 Å². The van der Waals surface area contributed by atoms with Crippen LogP contribution in [0.25, 0.3) is 6.08 Å². The van der Waals surface area contributed by atoms with Crippen molar-refractivity contribution in [2.45, 2.75) is 6.04 Å². The quantitative estimate of drug-likeness (QED) is 0.798. The van der Waals surface area contributed by atoms with Crippen molar-refractivity contribution in [2.75, 3.05) is 27.7 Å². The Morgan fingerprint density at radius 3 is 2.61 bits per heavy atom. The number of likely N-dealkylation sites (N-methyl/N-ethyl adjacent to an activating group) is 1. The van der Waals surface area contributed by atoms with Crippen LogP contribution < -0.4 is 10.1 Å². The van der Waals surface area contributed by atoms with Crippen molar-refractivity contribution in [1.29, 1.82) is 0 Å². The highest BCUT2D eigenvalue weighted by atomic mass is 16.5. The molecule has 0 radical (unpaired) electrons. The molecule has 1 amide bonds. The summed E-state index contributed by atoms with van der Waals surface area (Å²) in [5.41, 5.74) is 1.12. The normalized spacial score (nSPS) is 12.5. The van der Waals surface area contributed by atoms with Crippen molar-refractivity contribution in [3.05, 3.63) is 60.1 Å². The first-order valence-corrected chi connectivity index (χ1v) is 7.40. The molecule has 0 aliphatic rings. The molecule has 0 fully saturated rings. The molecule has 1 aromatic heterocycles. The third-order valence-electron chi connectivity index (χ3n) is 3.54. The van der Waals surface area contributed by atoms with E-state index in [1.807, 2.05) is 38.4 Å². The lowest BCUT2D eigenvalue weighted by molar-refractivity contribution is -0.116. The van der Waals surface area contributed by atoms with E-state index in [-0.39, 0.29) is 11.9 Å². The van der Waals surface area contributed by atoms with Crippen LogP contribution in [-0.4, -0.2) is 38.6 Å². The molecule has 2 rings (SSSR count). The van der Waals surface area contributed by atoms with Gasteiger partial charge in [0, 0.05) is 12.6 Å². The molecule has 0 saturated carbocycles. The number of methoxy groups -OCH3 is 1. The smallest absolute Gasteiger partial charge is 0.244 e. The van der Waals surface area contributed by atoms with Gasteiger partial charge in [0.2, 0.25) is 5.91 Å². The van der Waals surface area contributed by atoms with Crippen molar-refractivity contribution in [1.82, 2.24) is 10.2 Å². The number of amides is 1. The van der Waals surface area contributed by atoms with Crippen molar-refractivity contribution < 1.29 is 13.9 Å². The Hall–Kier alpha value is -2.53. The first-order chi connectivity index (χ1) is 11.1. The van der Waals surface area contributed by atoms with Crippen molar-refractivity contribution in [3.63, 3.8) is 0 Å². The molecule has 23 heavy (non-hydrogen) atoms. The summed E-state index contributed by atoms with van der Waals surface area (Å²) in [5.74, 6) is 1.32. The van der Waals surface area contributed by atoms with Crippen molar-refractivity contribution in [2.24, 2.45) is 0 Å². The summed E-state index contributed by atoms with van der Waals surface area (Å²) in [6, 6.07) is 11.5. The monoisotopic (exact) mass is 314 g/mol. The second-order valence-corrected chi connectivity index (χ2v) is 5.35. The number of furan rings is 1. The molecule has 1 heterocycles. The Kier molecular flexibility index (Phi) is 6.00. The third-order valence-corrected chi connectivity index (χ3v) is 3.54. The molecule has 1 aromatic carbocycles. The molecule has 2 aromatic rings. The fourth-order valence-electron chi connectivity index (χ4n) is 2.22. The summed E-state index contributed by atoms with van der Waals surface area (Å²) < 4.78 is 10.3. The van der Waals surface area contributed by atoms with E-state index in [9.17, 15) is 4.79 Å². The maximum atomic E-state index is 11.9. The van der Waals surface area contributed by atoms with Crippen LogP contribution in [-0.2, 0) is 4.79 Å². The number of nitrogens with one attached hydrogen (secondary N) is 1. The minimum atomic E-state index is -0.151. The van der Waals surface area contributed by atoms with Gasteiger partial charge in [0.05, 0.1) is 19.4 Å². The second-order valence-electron chi connectivity index (χ2n) is 5.35. The molecule has 0 saturated heterocycles. The average Bonchev–Trinajstić information content (AvgIpc) is 3.07. The highest BCUT2D eigenvalue weighted by Crippen LogP contribution is 2.20. The van der Waals surface area contributed by atoms with E-state index in [0.717, 1.165) is 11.3 Å². The van der Waals surface area contributed by atoms with Gasteiger partial charge in [0.15, 0.2) is 0 Å². The van der Waals surface area contributed by atoms with Gasteiger partial charge in [-0.1, -0.05) is 12.1 Å². The number of rotatable bonds is 7. The Bertz CT molecular complexity index is 631. The van der Waals surface area contributed by atoms with E-state index >= 15 is 0 Å². The lowest BCUT2D eigenvalue weighted by Crippen LogP contribution is -2.33. The summed E-state index contributed by atoms with van der Waals surface area (Å²) in [6.45, 7) is 0.515. The number of benzene rings is 1. The number of carbonyl (C=O) groups excluding carboxylic acids is 1. The van der Waals surface area contributed by atoms with Gasteiger partial charge in [-0.15, -0.1) is 0 Å². The highest BCUT2D eigenvalue weighted by Gasteiger charge is 2.14. The molecule has 1 unspecified atom stereocenters. The maximum Gasteiger partial charge on any atom is 0.244 e. The van der Waals surface area contributed by atoms with Crippen molar-refractivity contribution in [3.8, 4) is 5.75 Å². The molecule has 122 valence electrons. The molecular weight excluding hydrogens is 292 g/mol. The number of nitrogens with zero attached hydrogens (tertiary/aromatic N) is 1. The maximum absolute atomic E-state index is 11.9. The van der Waals surface area contributed by atoms with Crippen LogP contribution in [0.3, 0.4) is 0 Å². The predicted molar refractivity (Wildman–Crippen MR) is 90.2 cm³/mol. The SMILES string of the molecule is COc1ccc(C(CNC(=O)/C=C/c2ccco2)N(C)C)cc1. The van der Waals surface area contributed by atoms with E-state index in [4.69, 9.17) is 9.15 Å². The Morgan fingerprint density at radius 1 is 1.30 bits per heavy atom. The fraction of sp³-hybridized carbons (Fsp3) is 0.278. The van der Waals surface area contributed by atoms with Crippen LogP contribution >= 0.6 is 0 Å². The molecule has 5 nitrogen and oxygen atoms in total. The Morgan fingerprint density at radius 2 is 2.04 bits per heavy atom. The van der Waals surface area contributed by atoms with Gasteiger partial charge >= 0.3 is 0 Å². The van der Waals surface area contributed by atoms with Crippen molar-refractivity contribution >= 4 is 12.0 Å². The van der Waals surface area contributed by atoms with Gasteiger partial charge < -0.3 is 19.4 Å². The zero-order valence-corrected chi connectivity index (χ0v) is 13.7. The number of carbonyl (C=O) groups is 1. The van der Waals surface area contributed by atoms with Crippen LogP contribution in [0.5, 0.6) is 5.75 Å². The summed E-state index contributed by atoms with van der Waals surface area (Å²) in [5, 5.41) is 2.91. The van der Waals surface area contributed by atoms with Gasteiger partial charge in [-0.05, 0) is 50.0 Å². The zero-order valence-electron chi connectivity index (χ0n) is 13.7. The standard InChI is InChI=1S/C18H22N2O3/c1-20(2)17(14-6-8-15(22-3)9-7-14)13-19-18(21)11-10-16-5-4-12-23-16/h4-12,17H,13H2,1-3H3,(H,19,21)/b11-10+. The van der Waals surface area contributed by atoms with E-state index in [1.54, 1.807) is 31.6 Å². The summed E-state index contributed by atoms with van der Waals surface area (Å²) >= 11 is 0. The second kappa shape index (κ2) is 8.19. The number of hydrogen-bond donors (Lipinski definition) is 1. The van der Waals surface area contributed by atoms with Crippen LogP contribution in [0, 0.1) is 0 Å². The van der Waals surface area contributed by atoms with Crippen LogP contribution in [0.15, 0.2) is 53.2 Å². The number of hydrogen-bond acceptors (Lipinski definition) is 4. The van der Waals surface area contributed by atoms with Crippen LogP contribution in [0.4, 0.5) is 0 Å². The Balaban J connectivity index is 1.95. The molecule has 0 aliphatic heterocycles. The van der Waals surface area contributed by atoms with Gasteiger partial charge in [0.1, 0.15) is 11.5 Å². The van der Waals surface area contributed by atoms with Gasteiger partial charge in [0.25, 0.3) is 0 Å². The van der Waals surface area contributed by atoms with Gasteiger partial charge in [-0.2, -0.15) is 0 Å². The lowest BCUT2D eigenvalue weighted by atomic mass is 10.1. The largest absolute Gasteiger partial charge is 0.497 e. The van der Waals surface area contributed by atoms with E-state index < -0.39 is 0 Å². The Labute approximate surface area is 136 Å². The van der Waals surface area contributed by atoms with Crippen LogP contribution in [0.2, 0.25) is 0 Å². The van der Waals surface area contributed by atoms with Gasteiger partial charge in [-0.3, -0.25) is 4.79 Å². The summed E-state index contributed by atoms with van der Waals surface area (Å²) in [6.07, 6.45) is 4.69. The molecule has 0 spiro atoms. The fourth-order valence-corrected chi connectivity index (χ4v) is 2.22. The average molecular weight is 314 g/mol. The first-order valence-electron chi connectivity index (χ1n) is 7.40. The third kappa shape index (κ3) is 5.00. The molecule has 5 heteroatoms. The number of ether oxygens (including phenoxy) is 1. The molecular formula is C18H22N2O3. The molecule has 0 aliphatic carbocycles. The topological polar surface area (TPSA) is 54.7 Å². The first kappa shape index (κ1) is 16.8. The molecule has 1 N–H and O–H groups in total. The van der Waals surface area contributed by atoms with Gasteiger partial charge in [-0.25, -0.2) is 0 Å². The van der Waals surface area contributed by atoms with E-state index in [2.05, 4.69) is 10.2 Å². The highest BCUT2D eigenvalue weighted by molar-refractivity contribution is 5.91. The van der Waals surface area contributed by atoms with E-state index in [1.165, 1.54) is 6.08 Å². The lowest BCUT2D eigenvalue weighted by Gasteiger charge is -2.25. The van der Waals surface area contributed by atoms with Crippen LogP contribution in [0.1, 0.15) is 17.4 Å². The predicted octanol–water partition coefficient (Wildman–Crippen LogP) is 2.72. The minimum Gasteiger partial charge on any atom is -0.497 e. The summed E-state index contributed by atoms with van der Waals surface area (Å²) in [4.78, 5) is 14.0. The minimum absolute atomic E-state index is 0.0851. The molecule has 1 atom stereocenters. The molecule has 0 bridgehead atoms. The zero-order chi connectivity index (χ0) is 16.7.